The first-order valence-electron chi connectivity index (χ1n) is 8.18. The number of rotatable bonds is 11. The molecule has 1 rings (SSSR count). The Morgan fingerprint density at radius 1 is 1.05 bits per heavy atom. The molecule has 0 unspecified atom stereocenters. The van der Waals surface area contributed by atoms with E-state index in [1.54, 1.807) is 0 Å². The lowest BCUT2D eigenvalue weighted by molar-refractivity contribution is -0.144. The zero-order chi connectivity index (χ0) is 15.3. The van der Waals surface area contributed by atoms with Crippen LogP contribution in [0.2, 0.25) is 0 Å². The van der Waals surface area contributed by atoms with Gasteiger partial charge < -0.3 is 4.74 Å². The van der Waals surface area contributed by atoms with Crippen LogP contribution in [-0.4, -0.2) is 30.6 Å². The van der Waals surface area contributed by atoms with Gasteiger partial charge in [-0.2, -0.15) is 0 Å². The number of unbranched alkanes of at least 4 members (excludes halogenated alkanes) is 4. The predicted octanol–water partition coefficient (Wildman–Crippen LogP) is 4.02. The van der Waals surface area contributed by atoms with Crippen LogP contribution < -0.4 is 0 Å². The van der Waals surface area contributed by atoms with Crippen LogP contribution in [-0.2, 0) is 16.1 Å². The molecule has 0 aromatic heterocycles. The maximum absolute atomic E-state index is 11.7. The molecule has 0 atom stereocenters. The summed E-state index contributed by atoms with van der Waals surface area (Å²) in [7, 11) is 0. The molecule has 1 aromatic carbocycles. The van der Waals surface area contributed by atoms with E-state index in [-0.39, 0.29) is 5.97 Å². The summed E-state index contributed by atoms with van der Waals surface area (Å²) in [5, 5.41) is 0. The van der Waals surface area contributed by atoms with E-state index in [1.807, 2.05) is 25.1 Å². The molecule has 3 heteroatoms. The monoisotopic (exact) mass is 291 g/mol. The molecule has 0 radical (unpaired) electrons. The summed E-state index contributed by atoms with van der Waals surface area (Å²) in [5.74, 6) is -0.123. The summed E-state index contributed by atoms with van der Waals surface area (Å²) in [6, 6.07) is 10.3. The molecule has 0 saturated heterocycles. The van der Waals surface area contributed by atoms with Crippen molar-refractivity contribution >= 4 is 5.97 Å². The molecule has 118 valence electrons. The Morgan fingerprint density at radius 3 is 2.43 bits per heavy atom. The quantitative estimate of drug-likeness (QED) is 0.455. The highest BCUT2D eigenvalue weighted by Gasteiger charge is 2.11. The molecule has 21 heavy (non-hydrogen) atoms. The number of ether oxygens (including phenoxy) is 1. The number of benzene rings is 1. The summed E-state index contributed by atoms with van der Waals surface area (Å²) in [5.41, 5.74) is 1.25. The lowest BCUT2D eigenvalue weighted by Crippen LogP contribution is -2.31. The predicted molar refractivity (Wildman–Crippen MR) is 87.1 cm³/mol. The van der Waals surface area contributed by atoms with Crippen molar-refractivity contribution in [3.63, 3.8) is 0 Å². The standard InChI is InChI=1S/C18H29NO2/c1-3-5-6-7-11-14-19(16-18(20)21-4-2)15-17-12-9-8-10-13-17/h8-10,12-13H,3-7,11,14-16H2,1-2H3. The first-order chi connectivity index (χ1) is 10.3. The van der Waals surface area contributed by atoms with E-state index < -0.39 is 0 Å². The molecular formula is C18H29NO2. The number of hydrogen-bond acceptors (Lipinski definition) is 3. The average molecular weight is 291 g/mol. The Labute approximate surface area is 129 Å². The van der Waals surface area contributed by atoms with Crippen molar-refractivity contribution in [1.29, 1.82) is 0 Å². The van der Waals surface area contributed by atoms with Crippen molar-refractivity contribution in [1.82, 2.24) is 4.90 Å². The Morgan fingerprint density at radius 2 is 1.76 bits per heavy atom. The second kappa shape index (κ2) is 11.3. The zero-order valence-electron chi connectivity index (χ0n) is 13.5. The van der Waals surface area contributed by atoms with Crippen molar-refractivity contribution in [2.75, 3.05) is 19.7 Å². The van der Waals surface area contributed by atoms with Gasteiger partial charge in [0.05, 0.1) is 13.2 Å². The summed E-state index contributed by atoms with van der Waals surface area (Å²) in [4.78, 5) is 13.9. The van der Waals surface area contributed by atoms with Gasteiger partial charge in [-0.15, -0.1) is 0 Å². The molecule has 0 amide bonds. The topological polar surface area (TPSA) is 29.5 Å². The SMILES string of the molecule is CCCCCCCN(CC(=O)OCC)Cc1ccccc1. The van der Waals surface area contributed by atoms with Gasteiger partial charge in [0.15, 0.2) is 0 Å². The number of carbonyl (C=O) groups excluding carboxylic acids is 1. The van der Waals surface area contributed by atoms with E-state index in [0.29, 0.717) is 13.2 Å². The Hall–Kier alpha value is -1.35. The van der Waals surface area contributed by atoms with Gasteiger partial charge in [-0.25, -0.2) is 0 Å². The van der Waals surface area contributed by atoms with Gasteiger partial charge in [-0.05, 0) is 25.5 Å². The molecule has 0 N–H and O–H groups in total. The minimum absolute atomic E-state index is 0.123. The molecule has 3 nitrogen and oxygen atoms in total. The highest BCUT2D eigenvalue weighted by Crippen LogP contribution is 2.08. The Kier molecular flexibility index (Phi) is 9.55. The van der Waals surface area contributed by atoms with E-state index in [1.165, 1.54) is 31.2 Å². The van der Waals surface area contributed by atoms with Crippen LogP contribution in [0.15, 0.2) is 30.3 Å². The summed E-state index contributed by atoms with van der Waals surface area (Å²) >= 11 is 0. The van der Waals surface area contributed by atoms with Gasteiger partial charge in [0.25, 0.3) is 0 Å². The minimum atomic E-state index is -0.123. The third-order valence-electron chi connectivity index (χ3n) is 3.48. The third kappa shape index (κ3) is 8.51. The minimum Gasteiger partial charge on any atom is -0.465 e. The number of hydrogen-bond donors (Lipinski definition) is 0. The van der Waals surface area contributed by atoms with Crippen LogP contribution in [0.4, 0.5) is 0 Å². The number of nitrogens with zero attached hydrogens (tertiary/aromatic N) is 1. The summed E-state index contributed by atoms with van der Waals surface area (Å²) in [6.45, 7) is 6.68. The third-order valence-corrected chi connectivity index (χ3v) is 3.48. The lowest BCUT2D eigenvalue weighted by Gasteiger charge is -2.21. The smallest absolute Gasteiger partial charge is 0.320 e. The molecular weight excluding hydrogens is 262 g/mol. The van der Waals surface area contributed by atoms with Crippen LogP contribution in [0.25, 0.3) is 0 Å². The van der Waals surface area contributed by atoms with Gasteiger partial charge in [-0.3, -0.25) is 9.69 Å². The van der Waals surface area contributed by atoms with Gasteiger partial charge in [0, 0.05) is 6.54 Å². The van der Waals surface area contributed by atoms with Crippen LogP contribution in [0.5, 0.6) is 0 Å². The number of esters is 1. The van der Waals surface area contributed by atoms with E-state index in [2.05, 4.69) is 24.0 Å². The van der Waals surface area contributed by atoms with Gasteiger partial charge in [-0.1, -0.05) is 62.9 Å². The van der Waals surface area contributed by atoms with Crippen molar-refractivity contribution in [2.24, 2.45) is 0 Å². The molecule has 0 aliphatic heterocycles. The van der Waals surface area contributed by atoms with Crippen LogP contribution in [0.3, 0.4) is 0 Å². The van der Waals surface area contributed by atoms with Crippen LogP contribution in [0.1, 0.15) is 51.5 Å². The van der Waals surface area contributed by atoms with E-state index >= 15 is 0 Å². The zero-order valence-corrected chi connectivity index (χ0v) is 13.5. The van der Waals surface area contributed by atoms with Crippen molar-refractivity contribution in [2.45, 2.75) is 52.5 Å². The first-order valence-corrected chi connectivity index (χ1v) is 8.18. The fourth-order valence-electron chi connectivity index (χ4n) is 2.38. The largest absolute Gasteiger partial charge is 0.465 e. The highest BCUT2D eigenvalue weighted by molar-refractivity contribution is 5.71. The van der Waals surface area contributed by atoms with Gasteiger partial charge in [0.2, 0.25) is 0 Å². The van der Waals surface area contributed by atoms with Crippen molar-refractivity contribution in [3.8, 4) is 0 Å². The second-order valence-corrected chi connectivity index (χ2v) is 5.42. The fraction of sp³-hybridized carbons (Fsp3) is 0.611. The maximum atomic E-state index is 11.7. The fourth-order valence-corrected chi connectivity index (χ4v) is 2.38. The van der Waals surface area contributed by atoms with Crippen LogP contribution in [0, 0.1) is 0 Å². The van der Waals surface area contributed by atoms with Crippen LogP contribution >= 0.6 is 0 Å². The molecule has 0 fully saturated rings. The van der Waals surface area contributed by atoms with Crippen molar-refractivity contribution < 1.29 is 9.53 Å². The first kappa shape index (κ1) is 17.7. The average Bonchev–Trinajstić information content (AvgIpc) is 2.48. The Bertz CT molecular complexity index is 378. The Balaban J connectivity index is 2.43. The van der Waals surface area contributed by atoms with Gasteiger partial charge in [0.1, 0.15) is 0 Å². The molecule has 0 aliphatic rings. The molecule has 0 saturated carbocycles. The molecule has 0 bridgehead atoms. The maximum Gasteiger partial charge on any atom is 0.320 e. The second-order valence-electron chi connectivity index (χ2n) is 5.42. The van der Waals surface area contributed by atoms with Gasteiger partial charge >= 0.3 is 5.97 Å². The summed E-state index contributed by atoms with van der Waals surface area (Å²) < 4.78 is 5.07. The molecule has 0 heterocycles. The highest BCUT2D eigenvalue weighted by atomic mass is 16.5. The summed E-state index contributed by atoms with van der Waals surface area (Å²) in [6.07, 6.45) is 6.23. The normalized spacial score (nSPS) is 10.8. The number of carbonyl (C=O) groups is 1. The lowest BCUT2D eigenvalue weighted by atomic mass is 10.1. The van der Waals surface area contributed by atoms with E-state index in [9.17, 15) is 4.79 Å². The van der Waals surface area contributed by atoms with Crippen molar-refractivity contribution in [3.05, 3.63) is 35.9 Å². The van der Waals surface area contributed by atoms with E-state index in [4.69, 9.17) is 4.74 Å². The molecule has 0 spiro atoms. The molecule has 1 aromatic rings. The molecule has 0 aliphatic carbocycles. The van der Waals surface area contributed by atoms with E-state index in [0.717, 1.165) is 19.5 Å².